The zero-order valence-corrected chi connectivity index (χ0v) is 21.9. The molecule has 0 aliphatic rings. The Morgan fingerprint density at radius 3 is 2.41 bits per heavy atom. The predicted octanol–water partition coefficient (Wildman–Crippen LogP) is 6.58. The summed E-state index contributed by atoms with van der Waals surface area (Å²) in [5.74, 6) is 1.12. The Morgan fingerprint density at radius 1 is 1.03 bits per heavy atom. The van der Waals surface area contributed by atoms with Crippen molar-refractivity contribution in [2.24, 2.45) is 0 Å². The second-order valence-electron chi connectivity index (χ2n) is 7.76. The predicted molar refractivity (Wildman–Crippen MR) is 143 cm³/mol. The smallest absolute Gasteiger partial charge is 0.228 e. The Balaban J connectivity index is 0.00000363. The van der Waals surface area contributed by atoms with Crippen LogP contribution in [0.3, 0.4) is 0 Å². The third-order valence-electron chi connectivity index (χ3n) is 5.50. The van der Waals surface area contributed by atoms with Gasteiger partial charge in [0.25, 0.3) is 0 Å². The third kappa shape index (κ3) is 7.20. The first-order valence-electron chi connectivity index (χ1n) is 11.1. The van der Waals surface area contributed by atoms with Crippen LogP contribution in [0.4, 0.5) is 5.13 Å². The van der Waals surface area contributed by atoms with Gasteiger partial charge in [0.2, 0.25) is 5.91 Å². The average molecular weight is 492 g/mol. The van der Waals surface area contributed by atoms with Gasteiger partial charge >= 0.3 is 0 Å². The van der Waals surface area contributed by atoms with Crippen molar-refractivity contribution in [2.45, 2.75) is 45.4 Å². The summed E-state index contributed by atoms with van der Waals surface area (Å²) in [5.41, 5.74) is 3.44. The van der Waals surface area contributed by atoms with Crippen LogP contribution in [0.2, 0.25) is 0 Å². The number of thioether (sulfide) groups is 1. The Bertz CT molecular complexity index is 987. The number of anilines is 1. The van der Waals surface area contributed by atoms with Crippen LogP contribution in [-0.4, -0.2) is 47.7 Å². The standard InChI is InChI=1S/C25H33N3OS2.ClH/c1-5-27(6-2)16-17-28(25-26-24-20(4)9-7-10-22(24)31-25)23(29)11-8-18-30-21-14-12-19(3)13-15-21;/h7,9-10,12-15H,5-6,8,11,16-18H2,1-4H3;1H. The molecule has 0 unspecified atom stereocenters. The number of rotatable bonds is 11. The molecular weight excluding hydrogens is 458 g/mol. The molecular formula is C25H34ClN3OS2. The van der Waals surface area contributed by atoms with Gasteiger partial charge in [-0.15, -0.1) is 24.2 Å². The van der Waals surface area contributed by atoms with Gasteiger partial charge in [-0.25, -0.2) is 4.98 Å². The van der Waals surface area contributed by atoms with Crippen LogP contribution in [0.1, 0.15) is 37.8 Å². The molecule has 1 amide bonds. The monoisotopic (exact) mass is 491 g/mol. The molecule has 0 saturated heterocycles. The lowest BCUT2D eigenvalue weighted by Gasteiger charge is -2.24. The number of thiazole rings is 1. The van der Waals surface area contributed by atoms with E-state index in [0.717, 1.165) is 52.7 Å². The molecule has 0 aliphatic carbocycles. The fourth-order valence-electron chi connectivity index (χ4n) is 3.48. The average Bonchev–Trinajstić information content (AvgIpc) is 3.21. The van der Waals surface area contributed by atoms with E-state index in [2.05, 4.69) is 75.1 Å². The van der Waals surface area contributed by atoms with E-state index < -0.39 is 0 Å². The van der Waals surface area contributed by atoms with Crippen LogP contribution < -0.4 is 4.90 Å². The van der Waals surface area contributed by atoms with Crippen LogP contribution in [0.5, 0.6) is 0 Å². The highest BCUT2D eigenvalue weighted by molar-refractivity contribution is 7.99. The largest absolute Gasteiger partial charge is 0.302 e. The minimum Gasteiger partial charge on any atom is -0.302 e. The molecule has 7 heteroatoms. The number of para-hydroxylation sites is 1. The van der Waals surface area contributed by atoms with Crippen molar-refractivity contribution in [3.8, 4) is 0 Å². The molecule has 0 fully saturated rings. The molecule has 32 heavy (non-hydrogen) atoms. The zero-order valence-electron chi connectivity index (χ0n) is 19.5. The number of carbonyl (C=O) groups is 1. The van der Waals surface area contributed by atoms with Crippen molar-refractivity contribution in [3.63, 3.8) is 0 Å². The molecule has 3 rings (SSSR count). The van der Waals surface area contributed by atoms with Gasteiger partial charge in [0, 0.05) is 24.4 Å². The SMILES string of the molecule is CCN(CC)CCN(C(=O)CCCSc1ccc(C)cc1)c1nc2c(C)cccc2s1.Cl. The van der Waals surface area contributed by atoms with Gasteiger partial charge in [-0.3, -0.25) is 9.69 Å². The van der Waals surface area contributed by atoms with E-state index in [1.807, 2.05) is 16.7 Å². The molecule has 0 N–H and O–H groups in total. The van der Waals surface area contributed by atoms with Crippen LogP contribution >= 0.6 is 35.5 Å². The lowest BCUT2D eigenvalue weighted by atomic mass is 10.2. The fraction of sp³-hybridized carbons (Fsp3) is 0.440. The lowest BCUT2D eigenvalue weighted by molar-refractivity contribution is -0.118. The molecule has 3 aromatic rings. The quantitative estimate of drug-likeness (QED) is 0.224. The second kappa shape index (κ2) is 13.2. The molecule has 174 valence electrons. The number of nitrogens with zero attached hydrogens (tertiary/aromatic N) is 3. The number of likely N-dealkylation sites (N-methyl/N-ethyl adjacent to an activating group) is 1. The van der Waals surface area contributed by atoms with Gasteiger partial charge in [0.05, 0.1) is 10.2 Å². The van der Waals surface area contributed by atoms with Crippen molar-refractivity contribution in [1.82, 2.24) is 9.88 Å². The molecule has 1 heterocycles. The normalized spacial score (nSPS) is 11.0. The third-order valence-corrected chi connectivity index (χ3v) is 7.64. The summed E-state index contributed by atoms with van der Waals surface area (Å²) in [6.45, 7) is 12.0. The second-order valence-corrected chi connectivity index (χ2v) is 9.93. The lowest BCUT2D eigenvalue weighted by Crippen LogP contribution is -2.38. The van der Waals surface area contributed by atoms with Gasteiger partial charge in [0.1, 0.15) is 0 Å². The van der Waals surface area contributed by atoms with Gasteiger partial charge < -0.3 is 4.90 Å². The van der Waals surface area contributed by atoms with E-state index in [-0.39, 0.29) is 18.3 Å². The van der Waals surface area contributed by atoms with Crippen LogP contribution in [0.25, 0.3) is 10.2 Å². The molecule has 0 atom stereocenters. The molecule has 2 aromatic carbocycles. The van der Waals surface area contributed by atoms with E-state index in [4.69, 9.17) is 4.98 Å². The number of carbonyl (C=O) groups excluding carboxylic acids is 1. The summed E-state index contributed by atoms with van der Waals surface area (Å²) in [5, 5.41) is 0.827. The van der Waals surface area contributed by atoms with Crippen LogP contribution in [0, 0.1) is 13.8 Å². The number of benzene rings is 2. The maximum Gasteiger partial charge on any atom is 0.228 e. The highest BCUT2D eigenvalue weighted by atomic mass is 35.5. The number of aromatic nitrogens is 1. The zero-order chi connectivity index (χ0) is 22.2. The Morgan fingerprint density at radius 2 is 1.75 bits per heavy atom. The Kier molecular flexibility index (Phi) is 11.0. The topological polar surface area (TPSA) is 36.4 Å². The van der Waals surface area contributed by atoms with Crippen molar-refractivity contribution >= 4 is 56.8 Å². The first-order chi connectivity index (χ1) is 15.0. The number of aryl methyl sites for hydroxylation is 2. The summed E-state index contributed by atoms with van der Waals surface area (Å²) in [7, 11) is 0. The highest BCUT2D eigenvalue weighted by Gasteiger charge is 2.20. The van der Waals surface area contributed by atoms with Crippen molar-refractivity contribution < 1.29 is 4.79 Å². The first-order valence-corrected chi connectivity index (χ1v) is 12.9. The summed E-state index contributed by atoms with van der Waals surface area (Å²) in [6, 6.07) is 14.8. The van der Waals surface area contributed by atoms with E-state index in [0.29, 0.717) is 13.0 Å². The van der Waals surface area contributed by atoms with Gasteiger partial charge in [-0.1, -0.05) is 55.0 Å². The van der Waals surface area contributed by atoms with Crippen molar-refractivity contribution in [1.29, 1.82) is 0 Å². The molecule has 1 aromatic heterocycles. The van der Waals surface area contributed by atoms with E-state index in [1.54, 1.807) is 11.3 Å². The van der Waals surface area contributed by atoms with E-state index in [9.17, 15) is 4.79 Å². The molecule has 4 nitrogen and oxygen atoms in total. The number of hydrogen-bond donors (Lipinski definition) is 0. The molecule has 0 saturated carbocycles. The Hall–Kier alpha value is -1.60. The molecule has 0 aliphatic heterocycles. The van der Waals surface area contributed by atoms with Gasteiger partial charge in [0.15, 0.2) is 5.13 Å². The number of hydrogen-bond acceptors (Lipinski definition) is 5. The highest BCUT2D eigenvalue weighted by Crippen LogP contribution is 2.31. The van der Waals surface area contributed by atoms with Gasteiger partial charge in [-0.2, -0.15) is 0 Å². The summed E-state index contributed by atoms with van der Waals surface area (Å²) >= 11 is 3.44. The summed E-state index contributed by atoms with van der Waals surface area (Å²) in [6.07, 6.45) is 1.41. The molecule has 0 radical (unpaired) electrons. The van der Waals surface area contributed by atoms with Crippen molar-refractivity contribution in [3.05, 3.63) is 53.6 Å². The molecule has 0 spiro atoms. The number of amides is 1. The number of fused-ring (bicyclic) bond motifs is 1. The molecule has 0 bridgehead atoms. The maximum atomic E-state index is 13.2. The van der Waals surface area contributed by atoms with Crippen molar-refractivity contribution in [2.75, 3.05) is 36.8 Å². The summed E-state index contributed by atoms with van der Waals surface area (Å²) < 4.78 is 1.14. The fourth-order valence-corrected chi connectivity index (χ4v) is 5.42. The van der Waals surface area contributed by atoms with E-state index >= 15 is 0 Å². The Labute approximate surface area is 206 Å². The number of halogens is 1. The van der Waals surface area contributed by atoms with Crippen LogP contribution in [-0.2, 0) is 4.79 Å². The van der Waals surface area contributed by atoms with Gasteiger partial charge in [-0.05, 0) is 62.9 Å². The van der Waals surface area contributed by atoms with E-state index in [1.165, 1.54) is 10.5 Å². The maximum absolute atomic E-state index is 13.2. The van der Waals surface area contributed by atoms with Crippen LogP contribution in [0.15, 0.2) is 47.4 Å². The minimum absolute atomic E-state index is 0. The minimum atomic E-state index is 0. The first kappa shape index (κ1) is 26.7. The summed E-state index contributed by atoms with van der Waals surface area (Å²) in [4.78, 5) is 23.6.